The molecule has 1 atom stereocenters. The number of para-hydroxylation sites is 2. The van der Waals surface area contributed by atoms with Gasteiger partial charge in [-0.1, -0.05) is 24.2 Å². The fourth-order valence-corrected chi connectivity index (χ4v) is 2.38. The molecule has 2 N–H and O–H groups in total. The summed E-state index contributed by atoms with van der Waals surface area (Å²) in [6.07, 6.45) is -0.0178. The number of rotatable bonds is 6. The molecule has 0 saturated heterocycles. The summed E-state index contributed by atoms with van der Waals surface area (Å²) < 4.78 is 16.7. The van der Waals surface area contributed by atoms with Gasteiger partial charge in [-0.2, -0.15) is 4.98 Å². The first kappa shape index (κ1) is 17.5. The maximum atomic E-state index is 5.98. The van der Waals surface area contributed by atoms with Gasteiger partial charge in [0.25, 0.3) is 0 Å². The maximum absolute atomic E-state index is 5.98. The molecule has 7 nitrogen and oxygen atoms in total. The first-order valence-corrected chi connectivity index (χ1v) is 7.41. The number of nitrogens with two attached hydrogens (primary N) is 1. The summed E-state index contributed by atoms with van der Waals surface area (Å²) >= 11 is 0. The Morgan fingerprint density at radius 1 is 1.30 bits per heavy atom. The van der Waals surface area contributed by atoms with Gasteiger partial charge in [0, 0.05) is 6.54 Å². The topological polar surface area (TPSA) is 86.6 Å². The predicted molar refractivity (Wildman–Crippen MR) is 86.7 cm³/mol. The number of halogens is 1. The number of fused-ring (bicyclic) bond motifs is 1. The quantitative estimate of drug-likeness (QED) is 0.854. The average molecular weight is 341 g/mol. The molecule has 1 aliphatic rings. The Morgan fingerprint density at radius 3 is 2.78 bits per heavy atom. The van der Waals surface area contributed by atoms with Crippen LogP contribution in [0.3, 0.4) is 0 Å². The van der Waals surface area contributed by atoms with E-state index in [1.165, 1.54) is 0 Å². The summed E-state index contributed by atoms with van der Waals surface area (Å²) in [5, 5.41) is 3.92. The van der Waals surface area contributed by atoms with Gasteiger partial charge >= 0.3 is 0 Å². The molecule has 0 spiro atoms. The molecule has 1 aromatic heterocycles. The highest BCUT2D eigenvalue weighted by Crippen LogP contribution is 2.31. The molecule has 0 aliphatic carbocycles. The second-order valence-electron chi connectivity index (χ2n) is 5.13. The van der Waals surface area contributed by atoms with Crippen molar-refractivity contribution in [2.45, 2.75) is 26.1 Å². The molecule has 126 valence electrons. The molecular weight excluding hydrogens is 320 g/mol. The largest absolute Gasteiger partial charge is 0.486 e. The van der Waals surface area contributed by atoms with Gasteiger partial charge in [-0.15, -0.1) is 12.4 Å². The van der Waals surface area contributed by atoms with E-state index in [1.807, 2.05) is 24.3 Å². The molecule has 0 fully saturated rings. The van der Waals surface area contributed by atoms with E-state index in [0.29, 0.717) is 24.9 Å². The lowest BCUT2D eigenvalue weighted by Crippen LogP contribution is -2.40. The number of aromatic nitrogens is 2. The van der Waals surface area contributed by atoms with Crippen molar-refractivity contribution in [2.24, 2.45) is 5.73 Å². The number of nitrogens with zero attached hydrogens (tertiary/aromatic N) is 3. The van der Waals surface area contributed by atoms with Crippen molar-refractivity contribution in [1.29, 1.82) is 0 Å². The molecule has 1 aromatic carbocycles. The van der Waals surface area contributed by atoms with Crippen molar-refractivity contribution in [3.8, 4) is 11.5 Å². The molecule has 0 bridgehead atoms. The third-order valence-electron chi connectivity index (χ3n) is 3.53. The third-order valence-corrected chi connectivity index (χ3v) is 3.53. The van der Waals surface area contributed by atoms with Gasteiger partial charge in [0.15, 0.2) is 17.3 Å². The Bertz CT molecular complexity index is 622. The van der Waals surface area contributed by atoms with Crippen molar-refractivity contribution in [2.75, 3.05) is 19.7 Å². The zero-order valence-electron chi connectivity index (χ0n) is 13.0. The van der Waals surface area contributed by atoms with Crippen molar-refractivity contribution in [3.05, 3.63) is 36.0 Å². The Balaban J connectivity index is 0.00000192. The van der Waals surface area contributed by atoms with Crippen LogP contribution in [-0.4, -0.2) is 40.8 Å². The highest BCUT2D eigenvalue weighted by Gasteiger charge is 2.23. The van der Waals surface area contributed by atoms with E-state index in [0.717, 1.165) is 24.6 Å². The molecule has 1 aliphatic heterocycles. The van der Waals surface area contributed by atoms with Gasteiger partial charge in [0.1, 0.15) is 12.7 Å². The van der Waals surface area contributed by atoms with Crippen LogP contribution >= 0.6 is 12.4 Å². The van der Waals surface area contributed by atoms with Crippen molar-refractivity contribution in [1.82, 2.24) is 15.0 Å². The molecular formula is C15H21ClN4O3. The fraction of sp³-hybridized carbons (Fsp3) is 0.467. The van der Waals surface area contributed by atoms with E-state index >= 15 is 0 Å². The summed E-state index contributed by atoms with van der Waals surface area (Å²) in [6.45, 7) is 5.07. The van der Waals surface area contributed by atoms with Gasteiger partial charge in [0.2, 0.25) is 5.89 Å². The van der Waals surface area contributed by atoms with E-state index in [-0.39, 0.29) is 25.1 Å². The van der Waals surface area contributed by atoms with Crippen LogP contribution in [0.4, 0.5) is 0 Å². The molecule has 0 amide bonds. The zero-order chi connectivity index (χ0) is 15.4. The Hall–Kier alpha value is -1.83. The summed E-state index contributed by atoms with van der Waals surface area (Å²) in [5.41, 5.74) is 5.47. The van der Waals surface area contributed by atoms with E-state index in [9.17, 15) is 0 Å². The second kappa shape index (κ2) is 8.14. The molecule has 3 rings (SSSR count). The lowest BCUT2D eigenvalue weighted by atomic mass is 10.2. The number of benzene rings is 1. The average Bonchev–Trinajstić information content (AvgIpc) is 3.01. The number of likely N-dealkylation sites (N-methyl/N-ethyl adjacent to an activating group) is 1. The number of hydrogen-bond acceptors (Lipinski definition) is 7. The highest BCUT2D eigenvalue weighted by atomic mass is 35.5. The van der Waals surface area contributed by atoms with Crippen LogP contribution < -0.4 is 15.2 Å². The summed E-state index contributed by atoms with van der Waals surface area (Å²) in [6, 6.07) is 7.71. The zero-order valence-corrected chi connectivity index (χ0v) is 13.8. The summed E-state index contributed by atoms with van der Waals surface area (Å²) in [7, 11) is 0. The van der Waals surface area contributed by atoms with E-state index in [4.69, 9.17) is 19.7 Å². The molecule has 2 aromatic rings. The van der Waals surface area contributed by atoms with Crippen LogP contribution in [-0.2, 0) is 13.1 Å². The molecule has 0 saturated carbocycles. The third kappa shape index (κ3) is 4.34. The Labute approximate surface area is 141 Å². The number of hydrogen-bond donors (Lipinski definition) is 1. The Kier molecular flexibility index (Phi) is 6.20. The van der Waals surface area contributed by atoms with Crippen LogP contribution in [0.5, 0.6) is 11.5 Å². The minimum Gasteiger partial charge on any atom is -0.486 e. The van der Waals surface area contributed by atoms with E-state index < -0.39 is 0 Å². The van der Waals surface area contributed by atoms with Crippen LogP contribution in [0.15, 0.2) is 28.8 Å². The summed E-state index contributed by atoms with van der Waals surface area (Å²) in [4.78, 5) is 6.42. The SMILES string of the molecule is CCN(Cc1noc(CN)n1)CC1COc2ccccc2O1.Cl. The first-order valence-electron chi connectivity index (χ1n) is 7.41. The van der Waals surface area contributed by atoms with Crippen molar-refractivity contribution < 1.29 is 14.0 Å². The van der Waals surface area contributed by atoms with Gasteiger partial charge < -0.3 is 19.7 Å². The smallest absolute Gasteiger partial charge is 0.240 e. The van der Waals surface area contributed by atoms with Gasteiger partial charge in [-0.3, -0.25) is 4.90 Å². The molecule has 23 heavy (non-hydrogen) atoms. The minimum atomic E-state index is -0.0178. The second-order valence-corrected chi connectivity index (χ2v) is 5.13. The molecule has 0 radical (unpaired) electrons. The minimum absolute atomic E-state index is 0. The van der Waals surface area contributed by atoms with E-state index in [1.54, 1.807) is 0 Å². The van der Waals surface area contributed by atoms with Gasteiger partial charge in [0.05, 0.1) is 13.1 Å². The normalized spacial score (nSPS) is 16.2. The Morgan fingerprint density at radius 2 is 2.09 bits per heavy atom. The summed E-state index contributed by atoms with van der Waals surface area (Å²) in [5.74, 6) is 2.68. The van der Waals surface area contributed by atoms with Gasteiger partial charge in [-0.25, -0.2) is 0 Å². The number of ether oxygens (including phenoxy) is 2. The first-order chi connectivity index (χ1) is 10.8. The lowest BCUT2D eigenvalue weighted by molar-refractivity contribution is 0.0571. The van der Waals surface area contributed by atoms with Crippen molar-refractivity contribution in [3.63, 3.8) is 0 Å². The lowest BCUT2D eigenvalue weighted by Gasteiger charge is -2.30. The van der Waals surface area contributed by atoms with Crippen LogP contribution in [0.1, 0.15) is 18.6 Å². The molecule has 8 heteroatoms. The predicted octanol–water partition coefficient (Wildman–Crippen LogP) is 1.61. The monoisotopic (exact) mass is 340 g/mol. The van der Waals surface area contributed by atoms with Crippen molar-refractivity contribution >= 4 is 12.4 Å². The maximum Gasteiger partial charge on any atom is 0.240 e. The molecule has 1 unspecified atom stereocenters. The highest BCUT2D eigenvalue weighted by molar-refractivity contribution is 5.85. The van der Waals surface area contributed by atoms with Gasteiger partial charge in [-0.05, 0) is 18.7 Å². The van der Waals surface area contributed by atoms with Crippen LogP contribution in [0, 0.1) is 0 Å². The molecule has 2 heterocycles. The van der Waals surface area contributed by atoms with Crippen LogP contribution in [0.2, 0.25) is 0 Å². The fourth-order valence-electron chi connectivity index (χ4n) is 2.38. The standard InChI is InChI=1S/C15H20N4O3.ClH/c1-2-19(9-14-17-15(7-16)22-18-14)8-11-10-20-12-5-3-4-6-13(12)21-11;/h3-6,11H,2,7-10,16H2,1H3;1H. The van der Waals surface area contributed by atoms with E-state index in [2.05, 4.69) is 22.0 Å². The van der Waals surface area contributed by atoms with Crippen LogP contribution in [0.25, 0.3) is 0 Å².